The Hall–Kier alpha value is -2.00. The predicted molar refractivity (Wildman–Crippen MR) is 76.1 cm³/mol. The molecule has 4 nitrogen and oxygen atoms in total. The fourth-order valence-corrected chi connectivity index (χ4v) is 2.25. The van der Waals surface area contributed by atoms with Gasteiger partial charge in [0, 0.05) is 12.0 Å². The van der Waals surface area contributed by atoms with Crippen LogP contribution in [0.5, 0.6) is 0 Å². The fraction of sp³-hybridized carbons (Fsp3) is 0.214. The van der Waals surface area contributed by atoms with E-state index in [-0.39, 0.29) is 11.3 Å². The van der Waals surface area contributed by atoms with Crippen molar-refractivity contribution in [1.29, 1.82) is 5.26 Å². The van der Waals surface area contributed by atoms with Crippen LogP contribution in [0.1, 0.15) is 30.1 Å². The number of hydrogen-bond donors (Lipinski definition) is 1. The first-order chi connectivity index (χ1) is 9.65. The molecule has 1 saturated carbocycles. The molecule has 6 heteroatoms. The van der Waals surface area contributed by atoms with Crippen LogP contribution in [0.4, 0.5) is 15.9 Å². The van der Waals surface area contributed by atoms with Crippen molar-refractivity contribution in [2.45, 2.75) is 18.8 Å². The number of halogens is 2. The lowest BCUT2D eigenvalue weighted by atomic mass is 10.2. The lowest BCUT2D eigenvalue weighted by molar-refractivity contribution is 0.631. The van der Waals surface area contributed by atoms with Gasteiger partial charge in [-0.3, -0.25) is 0 Å². The van der Waals surface area contributed by atoms with Crippen molar-refractivity contribution < 1.29 is 4.39 Å². The summed E-state index contributed by atoms with van der Waals surface area (Å²) >= 11 is 3.34. The molecule has 1 N–H and O–H groups in total. The molecule has 1 aliphatic rings. The number of nitrogens with one attached hydrogen (secondary N) is 1. The molecule has 0 atom stereocenters. The molecule has 1 aliphatic carbocycles. The standard InChI is InChI=1S/C14H10BrFN4/c15-12-6-13(20-14(19-12)9-2-3-9)18-11-4-1-8(7-17)5-10(11)16/h1,4-6,9H,2-3H2,(H,18,19,20). The summed E-state index contributed by atoms with van der Waals surface area (Å²) in [4.78, 5) is 8.71. The number of hydrogen-bond acceptors (Lipinski definition) is 4. The van der Waals surface area contributed by atoms with Crippen LogP contribution >= 0.6 is 15.9 Å². The second kappa shape index (κ2) is 5.17. The quantitative estimate of drug-likeness (QED) is 0.866. The molecule has 1 aromatic carbocycles. The van der Waals surface area contributed by atoms with E-state index in [2.05, 4.69) is 31.2 Å². The zero-order valence-electron chi connectivity index (χ0n) is 10.4. The molecule has 3 rings (SSSR count). The summed E-state index contributed by atoms with van der Waals surface area (Å²) in [5.74, 6) is 1.25. The summed E-state index contributed by atoms with van der Waals surface area (Å²) in [5, 5.41) is 11.6. The first-order valence-corrected chi connectivity index (χ1v) is 6.96. The molecule has 0 aliphatic heterocycles. The van der Waals surface area contributed by atoms with Crippen LogP contribution in [-0.4, -0.2) is 9.97 Å². The molecule has 0 unspecified atom stereocenters. The Morgan fingerprint density at radius 1 is 1.30 bits per heavy atom. The first kappa shape index (κ1) is 13.0. The third-order valence-corrected chi connectivity index (χ3v) is 3.42. The average Bonchev–Trinajstić information content (AvgIpc) is 3.25. The van der Waals surface area contributed by atoms with Crippen LogP contribution in [0.15, 0.2) is 28.9 Å². The lowest BCUT2D eigenvalue weighted by Gasteiger charge is -2.08. The molecule has 0 amide bonds. The Morgan fingerprint density at radius 2 is 2.10 bits per heavy atom. The summed E-state index contributed by atoms with van der Waals surface area (Å²) in [6.07, 6.45) is 2.20. The third-order valence-electron chi connectivity index (χ3n) is 3.02. The topological polar surface area (TPSA) is 61.6 Å². The molecular weight excluding hydrogens is 323 g/mol. The van der Waals surface area contributed by atoms with Crippen LogP contribution in [0.25, 0.3) is 0 Å². The van der Waals surface area contributed by atoms with Crippen LogP contribution < -0.4 is 5.32 Å². The molecule has 0 bridgehead atoms. The number of nitriles is 1. The van der Waals surface area contributed by atoms with Gasteiger partial charge in [-0.15, -0.1) is 0 Å². The predicted octanol–water partition coefficient (Wildman–Crippen LogP) is 3.87. The van der Waals surface area contributed by atoms with Gasteiger partial charge in [0.05, 0.1) is 17.3 Å². The number of nitrogens with zero attached hydrogens (tertiary/aromatic N) is 3. The smallest absolute Gasteiger partial charge is 0.147 e. The average molecular weight is 333 g/mol. The Bertz CT molecular complexity index is 707. The van der Waals surface area contributed by atoms with E-state index in [9.17, 15) is 4.39 Å². The maximum absolute atomic E-state index is 13.8. The van der Waals surface area contributed by atoms with E-state index in [0.29, 0.717) is 16.3 Å². The van der Waals surface area contributed by atoms with Gasteiger partial charge in [-0.05, 0) is 47.0 Å². The summed E-state index contributed by atoms with van der Waals surface area (Å²) in [7, 11) is 0. The Kier molecular flexibility index (Phi) is 3.36. The normalized spacial score (nSPS) is 13.8. The molecular formula is C14H10BrFN4. The van der Waals surface area contributed by atoms with Crippen LogP contribution in [0.2, 0.25) is 0 Å². The number of benzene rings is 1. The molecule has 100 valence electrons. The zero-order chi connectivity index (χ0) is 14.1. The summed E-state index contributed by atoms with van der Waals surface area (Å²) in [5.41, 5.74) is 0.576. The van der Waals surface area contributed by atoms with Crippen molar-refractivity contribution in [3.8, 4) is 6.07 Å². The van der Waals surface area contributed by atoms with Gasteiger partial charge in [0.2, 0.25) is 0 Å². The second-order valence-corrected chi connectivity index (χ2v) is 5.45. The van der Waals surface area contributed by atoms with Gasteiger partial charge in [-0.1, -0.05) is 0 Å². The Labute approximate surface area is 123 Å². The number of aromatic nitrogens is 2. The molecule has 2 aromatic rings. The summed E-state index contributed by atoms with van der Waals surface area (Å²) < 4.78 is 14.5. The van der Waals surface area contributed by atoms with Gasteiger partial charge < -0.3 is 5.32 Å². The second-order valence-electron chi connectivity index (χ2n) is 4.64. The van der Waals surface area contributed by atoms with Crippen molar-refractivity contribution in [3.05, 3.63) is 46.1 Å². The van der Waals surface area contributed by atoms with E-state index in [4.69, 9.17) is 5.26 Å². The van der Waals surface area contributed by atoms with E-state index in [1.165, 1.54) is 12.1 Å². The van der Waals surface area contributed by atoms with Gasteiger partial charge in [-0.2, -0.15) is 5.26 Å². The molecule has 0 spiro atoms. The van der Waals surface area contributed by atoms with Crippen molar-refractivity contribution >= 4 is 27.4 Å². The highest BCUT2D eigenvalue weighted by atomic mass is 79.9. The highest BCUT2D eigenvalue weighted by Crippen LogP contribution is 2.39. The van der Waals surface area contributed by atoms with Gasteiger partial charge in [0.15, 0.2) is 0 Å². The molecule has 0 radical (unpaired) electrons. The van der Waals surface area contributed by atoms with Crippen LogP contribution in [0.3, 0.4) is 0 Å². The van der Waals surface area contributed by atoms with E-state index in [1.807, 2.05) is 6.07 Å². The lowest BCUT2D eigenvalue weighted by Crippen LogP contribution is -2.01. The third kappa shape index (κ3) is 2.78. The minimum atomic E-state index is -0.480. The highest BCUT2D eigenvalue weighted by molar-refractivity contribution is 9.10. The van der Waals surface area contributed by atoms with Crippen molar-refractivity contribution in [2.75, 3.05) is 5.32 Å². The molecule has 1 heterocycles. The maximum Gasteiger partial charge on any atom is 0.147 e. The maximum atomic E-state index is 13.8. The Balaban J connectivity index is 1.89. The van der Waals surface area contributed by atoms with Crippen molar-refractivity contribution in [3.63, 3.8) is 0 Å². The Morgan fingerprint density at radius 3 is 2.75 bits per heavy atom. The molecule has 1 aromatic heterocycles. The van der Waals surface area contributed by atoms with E-state index in [1.54, 1.807) is 12.1 Å². The summed E-state index contributed by atoms with van der Waals surface area (Å²) in [6, 6.07) is 7.88. The minimum Gasteiger partial charge on any atom is -0.338 e. The largest absolute Gasteiger partial charge is 0.338 e. The zero-order valence-corrected chi connectivity index (χ0v) is 12.0. The van der Waals surface area contributed by atoms with Crippen LogP contribution in [-0.2, 0) is 0 Å². The van der Waals surface area contributed by atoms with E-state index < -0.39 is 5.82 Å². The minimum absolute atomic E-state index is 0.288. The van der Waals surface area contributed by atoms with Gasteiger partial charge in [0.25, 0.3) is 0 Å². The monoisotopic (exact) mass is 332 g/mol. The highest BCUT2D eigenvalue weighted by Gasteiger charge is 2.27. The molecule has 20 heavy (non-hydrogen) atoms. The SMILES string of the molecule is N#Cc1ccc(Nc2cc(Br)nc(C3CC3)n2)c(F)c1. The molecule has 1 fully saturated rings. The van der Waals surface area contributed by atoms with E-state index in [0.717, 1.165) is 18.7 Å². The van der Waals surface area contributed by atoms with Crippen molar-refractivity contribution in [1.82, 2.24) is 9.97 Å². The summed E-state index contributed by atoms with van der Waals surface area (Å²) in [6.45, 7) is 0. The van der Waals surface area contributed by atoms with E-state index >= 15 is 0 Å². The first-order valence-electron chi connectivity index (χ1n) is 6.17. The van der Waals surface area contributed by atoms with Gasteiger partial charge in [0.1, 0.15) is 22.1 Å². The fourth-order valence-electron chi connectivity index (χ4n) is 1.85. The van der Waals surface area contributed by atoms with Gasteiger partial charge in [-0.25, -0.2) is 14.4 Å². The number of anilines is 2. The number of rotatable bonds is 3. The van der Waals surface area contributed by atoms with Crippen LogP contribution in [0, 0.1) is 17.1 Å². The van der Waals surface area contributed by atoms with Gasteiger partial charge >= 0.3 is 0 Å². The van der Waals surface area contributed by atoms with Crippen molar-refractivity contribution in [2.24, 2.45) is 0 Å². The molecule has 0 saturated heterocycles.